The van der Waals surface area contributed by atoms with Gasteiger partial charge in [-0.3, -0.25) is 9.59 Å². The minimum atomic E-state index is -0.866. The van der Waals surface area contributed by atoms with Gasteiger partial charge in [0.2, 0.25) is 0 Å². The summed E-state index contributed by atoms with van der Waals surface area (Å²) in [5.41, 5.74) is 1.30. The van der Waals surface area contributed by atoms with Crippen LogP contribution in [0.25, 0.3) is 0 Å². The molecule has 0 atom stereocenters. The van der Waals surface area contributed by atoms with E-state index >= 15 is 0 Å². The van der Waals surface area contributed by atoms with Gasteiger partial charge in [-0.25, -0.2) is 0 Å². The first-order valence-electron chi connectivity index (χ1n) is 6.24. The van der Waals surface area contributed by atoms with Crippen molar-refractivity contribution in [3.05, 3.63) is 21.4 Å². The van der Waals surface area contributed by atoms with E-state index in [1.54, 1.807) is 16.2 Å². The molecule has 98 valence electrons. The Balaban J connectivity index is 2.05. The molecule has 1 amide bonds. The summed E-state index contributed by atoms with van der Waals surface area (Å²) in [5.74, 6) is -0.895. The van der Waals surface area contributed by atoms with Gasteiger partial charge < -0.3 is 10.0 Å². The molecule has 2 rings (SSSR count). The minimum absolute atomic E-state index is 0.00463. The van der Waals surface area contributed by atoms with Gasteiger partial charge in [-0.1, -0.05) is 0 Å². The highest BCUT2D eigenvalue weighted by atomic mass is 32.1. The second-order valence-electron chi connectivity index (χ2n) is 4.44. The number of carbonyl (C=O) groups is 2. The number of rotatable bonds is 5. The van der Waals surface area contributed by atoms with Gasteiger partial charge in [0.25, 0.3) is 5.91 Å². The van der Waals surface area contributed by atoms with Crippen LogP contribution in [0.1, 0.15) is 39.9 Å². The number of carboxylic acid groups (broad SMARTS) is 1. The zero-order chi connectivity index (χ0) is 13.1. The van der Waals surface area contributed by atoms with Crippen molar-refractivity contribution in [3.8, 4) is 0 Å². The molecule has 0 bridgehead atoms. The number of hydrogen-bond donors (Lipinski definition) is 1. The first kappa shape index (κ1) is 13.1. The molecular weight excluding hydrogens is 250 g/mol. The Morgan fingerprint density at radius 2 is 2.22 bits per heavy atom. The molecule has 1 heterocycles. The molecule has 0 spiro atoms. The number of fused-ring (bicyclic) bond motifs is 1. The molecule has 0 aliphatic heterocycles. The number of hydrogen-bond acceptors (Lipinski definition) is 3. The highest BCUT2D eigenvalue weighted by Crippen LogP contribution is 2.31. The third kappa shape index (κ3) is 2.72. The van der Waals surface area contributed by atoms with E-state index in [1.807, 2.05) is 13.0 Å². The van der Waals surface area contributed by atoms with Crippen molar-refractivity contribution < 1.29 is 14.7 Å². The fourth-order valence-corrected chi connectivity index (χ4v) is 3.45. The smallest absolute Gasteiger partial charge is 0.305 e. The van der Waals surface area contributed by atoms with E-state index in [2.05, 4.69) is 0 Å². The zero-order valence-corrected chi connectivity index (χ0v) is 11.3. The third-order valence-corrected chi connectivity index (χ3v) is 4.45. The Labute approximate surface area is 110 Å². The summed E-state index contributed by atoms with van der Waals surface area (Å²) < 4.78 is 0. The molecule has 4 nitrogen and oxygen atoms in total. The Hall–Kier alpha value is -1.36. The second kappa shape index (κ2) is 5.52. The van der Waals surface area contributed by atoms with E-state index in [4.69, 9.17) is 5.11 Å². The van der Waals surface area contributed by atoms with E-state index in [0.29, 0.717) is 6.54 Å². The molecule has 1 aliphatic rings. The van der Waals surface area contributed by atoms with E-state index in [0.717, 1.165) is 17.7 Å². The Morgan fingerprint density at radius 3 is 2.83 bits per heavy atom. The lowest BCUT2D eigenvalue weighted by atomic mass is 10.2. The Morgan fingerprint density at radius 1 is 1.44 bits per heavy atom. The summed E-state index contributed by atoms with van der Waals surface area (Å²) in [7, 11) is 0. The van der Waals surface area contributed by atoms with Crippen LogP contribution in [-0.2, 0) is 17.6 Å². The van der Waals surface area contributed by atoms with Crippen LogP contribution < -0.4 is 0 Å². The van der Waals surface area contributed by atoms with Crippen molar-refractivity contribution in [1.29, 1.82) is 0 Å². The number of carbonyl (C=O) groups excluding carboxylic acids is 1. The predicted molar refractivity (Wildman–Crippen MR) is 70.2 cm³/mol. The average Bonchev–Trinajstić information content (AvgIpc) is 2.88. The van der Waals surface area contributed by atoms with Crippen LogP contribution in [0.3, 0.4) is 0 Å². The van der Waals surface area contributed by atoms with Gasteiger partial charge in [-0.05, 0) is 37.8 Å². The lowest BCUT2D eigenvalue weighted by molar-refractivity contribution is -0.137. The lowest BCUT2D eigenvalue weighted by Gasteiger charge is -2.18. The van der Waals surface area contributed by atoms with Crippen molar-refractivity contribution in [3.63, 3.8) is 0 Å². The fourth-order valence-electron chi connectivity index (χ4n) is 2.22. The highest BCUT2D eigenvalue weighted by molar-refractivity contribution is 7.14. The maximum Gasteiger partial charge on any atom is 0.305 e. The van der Waals surface area contributed by atoms with Crippen LogP contribution in [0.4, 0.5) is 0 Å². The number of aryl methyl sites for hydroxylation is 2. The van der Waals surface area contributed by atoms with Crippen LogP contribution in [0.2, 0.25) is 0 Å². The molecule has 1 aromatic heterocycles. The van der Waals surface area contributed by atoms with Crippen LogP contribution in [0, 0.1) is 0 Å². The van der Waals surface area contributed by atoms with Gasteiger partial charge >= 0.3 is 5.97 Å². The number of thiophene rings is 1. The first-order chi connectivity index (χ1) is 8.61. The van der Waals surface area contributed by atoms with E-state index in [-0.39, 0.29) is 18.9 Å². The molecule has 0 unspecified atom stereocenters. The molecule has 1 aromatic rings. The van der Waals surface area contributed by atoms with Crippen molar-refractivity contribution >= 4 is 23.2 Å². The van der Waals surface area contributed by atoms with Crippen molar-refractivity contribution in [1.82, 2.24) is 4.90 Å². The summed E-state index contributed by atoms with van der Waals surface area (Å²) in [6.45, 7) is 2.71. The van der Waals surface area contributed by atoms with E-state index in [1.165, 1.54) is 16.9 Å². The fraction of sp³-hybridized carbons (Fsp3) is 0.538. The van der Waals surface area contributed by atoms with Crippen molar-refractivity contribution in [2.75, 3.05) is 13.1 Å². The van der Waals surface area contributed by atoms with Gasteiger partial charge in [0.05, 0.1) is 11.3 Å². The molecule has 0 saturated heterocycles. The summed E-state index contributed by atoms with van der Waals surface area (Å²) in [6, 6.07) is 1.98. The minimum Gasteiger partial charge on any atom is -0.481 e. The van der Waals surface area contributed by atoms with Gasteiger partial charge in [0.15, 0.2) is 0 Å². The lowest BCUT2D eigenvalue weighted by Crippen LogP contribution is -2.32. The predicted octanol–water partition coefficient (Wildman–Crippen LogP) is 2.17. The summed E-state index contributed by atoms with van der Waals surface area (Å²) in [6.07, 6.45) is 3.34. The first-order valence-corrected chi connectivity index (χ1v) is 7.06. The second-order valence-corrected chi connectivity index (χ2v) is 5.58. The molecule has 5 heteroatoms. The maximum atomic E-state index is 12.2. The number of nitrogens with zero attached hydrogens (tertiary/aromatic N) is 1. The molecule has 0 radical (unpaired) electrons. The molecule has 0 saturated carbocycles. The summed E-state index contributed by atoms with van der Waals surface area (Å²) >= 11 is 1.57. The monoisotopic (exact) mass is 267 g/mol. The Kier molecular flexibility index (Phi) is 4.01. The van der Waals surface area contributed by atoms with Crippen molar-refractivity contribution in [2.24, 2.45) is 0 Å². The maximum absolute atomic E-state index is 12.2. The van der Waals surface area contributed by atoms with Gasteiger partial charge in [-0.2, -0.15) is 0 Å². The number of aliphatic carboxylic acids is 1. The normalized spacial score (nSPS) is 13.4. The van der Waals surface area contributed by atoms with Crippen LogP contribution in [0.15, 0.2) is 6.07 Å². The molecule has 18 heavy (non-hydrogen) atoms. The average molecular weight is 267 g/mol. The molecule has 1 N–H and O–H groups in total. The summed E-state index contributed by atoms with van der Waals surface area (Å²) in [4.78, 5) is 26.5. The topological polar surface area (TPSA) is 57.6 Å². The van der Waals surface area contributed by atoms with Gasteiger partial charge in [-0.15, -0.1) is 11.3 Å². The standard InChI is InChI=1S/C13H17NO3S/c1-2-14(7-6-12(15)16)13(17)11-8-9-4-3-5-10(9)18-11/h8H,2-7H2,1H3,(H,15,16). The Bertz CT molecular complexity index is 445. The molecule has 1 aliphatic carbocycles. The number of amides is 1. The quantitative estimate of drug-likeness (QED) is 0.889. The largest absolute Gasteiger partial charge is 0.481 e. The van der Waals surface area contributed by atoms with E-state index in [9.17, 15) is 9.59 Å². The molecular formula is C13H17NO3S. The van der Waals surface area contributed by atoms with Gasteiger partial charge in [0.1, 0.15) is 0 Å². The van der Waals surface area contributed by atoms with Crippen LogP contribution in [-0.4, -0.2) is 35.0 Å². The third-order valence-electron chi connectivity index (χ3n) is 3.22. The molecule has 0 aromatic carbocycles. The van der Waals surface area contributed by atoms with E-state index < -0.39 is 5.97 Å². The van der Waals surface area contributed by atoms with Gasteiger partial charge in [0, 0.05) is 18.0 Å². The summed E-state index contributed by atoms with van der Waals surface area (Å²) in [5, 5.41) is 8.67. The van der Waals surface area contributed by atoms with Crippen LogP contribution >= 0.6 is 11.3 Å². The highest BCUT2D eigenvalue weighted by Gasteiger charge is 2.21. The molecule has 0 fully saturated rings. The number of carboxylic acids is 1. The zero-order valence-electron chi connectivity index (χ0n) is 10.4. The van der Waals surface area contributed by atoms with Crippen LogP contribution in [0.5, 0.6) is 0 Å². The van der Waals surface area contributed by atoms with Crippen molar-refractivity contribution in [2.45, 2.75) is 32.6 Å². The SMILES string of the molecule is CCN(CCC(=O)O)C(=O)c1cc2c(s1)CCC2.